The molecule has 4 aromatic rings. The molecule has 138 valence electrons. The van der Waals surface area contributed by atoms with Gasteiger partial charge in [0.2, 0.25) is 0 Å². The molecule has 0 bridgehead atoms. The zero-order valence-corrected chi connectivity index (χ0v) is 15.6. The Kier molecular flexibility index (Phi) is 4.44. The van der Waals surface area contributed by atoms with Crippen molar-refractivity contribution in [1.29, 1.82) is 0 Å². The Bertz CT molecular complexity index is 1220. The third kappa shape index (κ3) is 3.45. The first kappa shape index (κ1) is 17.3. The molecule has 0 atom stereocenters. The summed E-state index contributed by atoms with van der Waals surface area (Å²) in [6, 6.07) is 3.77. The van der Waals surface area contributed by atoms with Gasteiger partial charge < -0.3 is 0 Å². The summed E-state index contributed by atoms with van der Waals surface area (Å²) in [6.45, 7) is 4.27. The fraction of sp³-hybridized carbons (Fsp3) is 0.278. The molecular formula is C18H17N5O3S. The van der Waals surface area contributed by atoms with E-state index >= 15 is 0 Å². The van der Waals surface area contributed by atoms with E-state index in [0.717, 1.165) is 29.1 Å². The second-order valence-corrected chi connectivity index (χ2v) is 7.45. The van der Waals surface area contributed by atoms with E-state index in [4.69, 9.17) is 0 Å². The molecule has 0 aliphatic carbocycles. The van der Waals surface area contributed by atoms with E-state index in [1.165, 1.54) is 10.6 Å². The molecule has 4 rings (SSSR count). The molecule has 0 amide bonds. The summed E-state index contributed by atoms with van der Waals surface area (Å²) in [5, 5.41) is 6.76. The first-order chi connectivity index (χ1) is 13.0. The topological polar surface area (TPSA) is 106 Å². The highest BCUT2D eigenvalue weighted by Gasteiger charge is 2.12. The number of aromatic nitrogens is 5. The lowest BCUT2D eigenvalue weighted by atomic mass is 10.1. The Morgan fingerprint density at radius 1 is 1.30 bits per heavy atom. The predicted octanol–water partition coefficient (Wildman–Crippen LogP) is 2.40. The van der Waals surface area contributed by atoms with Gasteiger partial charge in [0, 0.05) is 24.2 Å². The van der Waals surface area contributed by atoms with Gasteiger partial charge in [0.05, 0.1) is 10.7 Å². The van der Waals surface area contributed by atoms with Gasteiger partial charge in [-0.05, 0) is 30.0 Å². The maximum absolute atomic E-state index is 12.6. The Hall–Kier alpha value is -3.07. The Balaban J connectivity index is 1.59. The maximum atomic E-state index is 12.6. The first-order valence-electron chi connectivity index (χ1n) is 8.52. The highest BCUT2D eigenvalue weighted by molar-refractivity contribution is 7.09. The lowest BCUT2D eigenvalue weighted by Gasteiger charge is -2.05. The number of aryl methyl sites for hydroxylation is 2. The zero-order valence-electron chi connectivity index (χ0n) is 14.8. The molecule has 4 aromatic heterocycles. The number of fused-ring (bicyclic) bond motifs is 1. The highest BCUT2D eigenvalue weighted by atomic mass is 32.1. The largest absolute Gasteiger partial charge is 0.439 e. The van der Waals surface area contributed by atoms with Gasteiger partial charge in [-0.3, -0.25) is 18.7 Å². The second kappa shape index (κ2) is 6.92. The molecule has 0 aliphatic rings. The van der Waals surface area contributed by atoms with E-state index in [1.54, 1.807) is 17.5 Å². The normalized spacial score (nSPS) is 11.5. The predicted molar refractivity (Wildman–Crippen MR) is 101 cm³/mol. The smallest absolute Gasteiger partial charge is 0.296 e. The van der Waals surface area contributed by atoms with Crippen molar-refractivity contribution in [3.63, 3.8) is 0 Å². The Morgan fingerprint density at radius 2 is 2.15 bits per heavy atom. The van der Waals surface area contributed by atoms with Gasteiger partial charge in [-0.15, -0.1) is 11.3 Å². The van der Waals surface area contributed by atoms with Gasteiger partial charge in [0.25, 0.3) is 5.56 Å². The number of hydrogen-bond donors (Lipinski definition) is 1. The molecule has 8 nitrogen and oxygen atoms in total. The number of aromatic amines is 1. The zero-order chi connectivity index (χ0) is 19.0. The van der Waals surface area contributed by atoms with Crippen LogP contribution in [0.1, 0.15) is 36.0 Å². The summed E-state index contributed by atoms with van der Waals surface area (Å²) < 4.78 is 5.88. The van der Waals surface area contributed by atoms with Crippen molar-refractivity contribution in [3.8, 4) is 11.4 Å². The fourth-order valence-electron chi connectivity index (χ4n) is 2.74. The van der Waals surface area contributed by atoms with Gasteiger partial charge in [-0.25, -0.2) is 14.8 Å². The molecule has 4 heterocycles. The van der Waals surface area contributed by atoms with E-state index < -0.39 is 5.76 Å². The minimum Gasteiger partial charge on any atom is -0.296 e. The molecule has 0 aromatic carbocycles. The molecule has 0 fully saturated rings. The van der Waals surface area contributed by atoms with Crippen molar-refractivity contribution in [1.82, 2.24) is 24.5 Å². The van der Waals surface area contributed by atoms with E-state index in [-0.39, 0.29) is 16.9 Å². The molecule has 0 spiro atoms. The van der Waals surface area contributed by atoms with Crippen LogP contribution in [-0.2, 0) is 12.8 Å². The molecule has 9 heteroatoms. The standard InChI is InChI=1S/C18H17N5O3S/c1-10(2)13-9-27-15(20-13)4-3-11-5-6-23-14(7-11)19-8-12(17(23)24)16-21-18(25)26-22-16/h5-10H,3-4H2,1-2H3,(H,21,22,25). The van der Waals surface area contributed by atoms with Crippen LogP contribution in [0.2, 0.25) is 0 Å². The van der Waals surface area contributed by atoms with Crippen LogP contribution < -0.4 is 11.3 Å². The van der Waals surface area contributed by atoms with Crippen molar-refractivity contribution in [2.24, 2.45) is 0 Å². The van der Waals surface area contributed by atoms with Gasteiger partial charge in [-0.2, -0.15) is 0 Å². The van der Waals surface area contributed by atoms with Crippen molar-refractivity contribution in [2.75, 3.05) is 0 Å². The SMILES string of the molecule is CC(C)c1csc(CCc2ccn3c(=O)c(-c4noc(=O)[nH]4)cnc3c2)n1. The van der Waals surface area contributed by atoms with Crippen molar-refractivity contribution in [2.45, 2.75) is 32.6 Å². The van der Waals surface area contributed by atoms with Crippen LogP contribution in [-0.4, -0.2) is 24.5 Å². The van der Waals surface area contributed by atoms with Gasteiger partial charge in [-0.1, -0.05) is 19.0 Å². The Morgan fingerprint density at radius 3 is 2.85 bits per heavy atom. The molecule has 1 N–H and O–H groups in total. The van der Waals surface area contributed by atoms with Crippen LogP contribution in [0.5, 0.6) is 0 Å². The quantitative estimate of drug-likeness (QED) is 0.567. The molecule has 0 saturated heterocycles. The van der Waals surface area contributed by atoms with E-state index in [2.05, 4.69) is 43.9 Å². The number of thiazole rings is 1. The van der Waals surface area contributed by atoms with Crippen LogP contribution >= 0.6 is 11.3 Å². The van der Waals surface area contributed by atoms with Crippen LogP contribution in [0.4, 0.5) is 0 Å². The molecular weight excluding hydrogens is 366 g/mol. The highest BCUT2D eigenvalue weighted by Crippen LogP contribution is 2.19. The molecule has 0 unspecified atom stereocenters. The van der Waals surface area contributed by atoms with Gasteiger partial charge >= 0.3 is 5.76 Å². The van der Waals surface area contributed by atoms with Crippen LogP contribution in [0.15, 0.2) is 44.0 Å². The summed E-state index contributed by atoms with van der Waals surface area (Å²) >= 11 is 1.68. The number of hydrogen-bond acceptors (Lipinski definition) is 7. The lowest BCUT2D eigenvalue weighted by Crippen LogP contribution is -2.17. The minimum atomic E-state index is -0.715. The Labute approximate surface area is 157 Å². The lowest BCUT2D eigenvalue weighted by molar-refractivity contribution is 0.388. The summed E-state index contributed by atoms with van der Waals surface area (Å²) in [7, 11) is 0. The monoisotopic (exact) mass is 383 g/mol. The number of pyridine rings is 1. The van der Waals surface area contributed by atoms with Gasteiger partial charge in [0.1, 0.15) is 11.2 Å². The molecule has 0 radical (unpaired) electrons. The summed E-state index contributed by atoms with van der Waals surface area (Å²) in [6.07, 6.45) is 4.74. The van der Waals surface area contributed by atoms with Crippen molar-refractivity contribution >= 4 is 17.0 Å². The van der Waals surface area contributed by atoms with Crippen LogP contribution in [0, 0.1) is 0 Å². The first-order valence-corrected chi connectivity index (χ1v) is 9.40. The van der Waals surface area contributed by atoms with Crippen molar-refractivity contribution in [3.05, 3.63) is 67.1 Å². The van der Waals surface area contributed by atoms with Crippen LogP contribution in [0.25, 0.3) is 17.0 Å². The third-order valence-electron chi connectivity index (χ3n) is 4.26. The molecule has 27 heavy (non-hydrogen) atoms. The number of nitrogens with zero attached hydrogens (tertiary/aromatic N) is 4. The summed E-state index contributed by atoms with van der Waals surface area (Å²) in [5.74, 6) is -0.214. The van der Waals surface area contributed by atoms with Gasteiger partial charge in [0.15, 0.2) is 5.82 Å². The van der Waals surface area contributed by atoms with E-state index in [9.17, 15) is 9.59 Å². The van der Waals surface area contributed by atoms with Crippen LogP contribution in [0.3, 0.4) is 0 Å². The summed E-state index contributed by atoms with van der Waals surface area (Å²) in [4.78, 5) is 35.0. The second-order valence-electron chi connectivity index (χ2n) is 6.50. The average Bonchev–Trinajstić information content (AvgIpc) is 3.29. The van der Waals surface area contributed by atoms with Crippen molar-refractivity contribution < 1.29 is 4.52 Å². The molecule has 0 aliphatic heterocycles. The number of H-pyrrole nitrogens is 1. The van der Waals surface area contributed by atoms with E-state index in [0.29, 0.717) is 11.6 Å². The number of nitrogens with one attached hydrogen (secondary N) is 1. The summed E-state index contributed by atoms with van der Waals surface area (Å²) in [5.41, 5.74) is 2.59. The van der Waals surface area contributed by atoms with E-state index in [1.807, 2.05) is 12.1 Å². The third-order valence-corrected chi connectivity index (χ3v) is 5.18. The molecule has 0 saturated carbocycles. The fourth-order valence-corrected chi connectivity index (χ4v) is 3.70. The average molecular weight is 383 g/mol. The maximum Gasteiger partial charge on any atom is 0.439 e. The number of rotatable bonds is 5. The minimum absolute atomic E-state index is 0.0701.